The Morgan fingerprint density at radius 3 is 2.22 bits per heavy atom. The van der Waals surface area contributed by atoms with Crippen LogP contribution in [0.5, 0.6) is 11.5 Å². The summed E-state index contributed by atoms with van der Waals surface area (Å²) in [4.78, 5) is 68.8. The van der Waals surface area contributed by atoms with Gasteiger partial charge in [-0.05, 0) is 61.1 Å². The molecule has 0 unspecified atom stereocenters. The van der Waals surface area contributed by atoms with Gasteiger partial charge < -0.3 is 25.6 Å². The summed E-state index contributed by atoms with van der Waals surface area (Å²) in [5, 5.41) is 23.4. The molecule has 1 heterocycles. The molecule has 4 N–H and O–H groups in total. The van der Waals surface area contributed by atoms with Crippen molar-refractivity contribution in [2.24, 2.45) is 5.41 Å². The minimum Gasteiger partial charge on any atom is -0.508 e. The van der Waals surface area contributed by atoms with E-state index in [1.807, 2.05) is 56.5 Å². The highest BCUT2D eigenvalue weighted by molar-refractivity contribution is 8.14. The second-order valence-electron chi connectivity index (χ2n) is 11.7. The summed E-state index contributed by atoms with van der Waals surface area (Å²) in [6, 6.07) is 17.1. The highest BCUT2D eigenvalue weighted by Crippen LogP contribution is 2.51. The SMILES string of the molecule is CCCCC1(CCCC)C(=O)[SH]c2cc(OCC(=O)N[C@@H](C(=O)NCC(=O)O)c3ccc(O)cc3)c(SC)cc2N(c2ccccc2)C1=O. The molecule has 4 rings (SSSR count). The molecule has 1 aliphatic heterocycles. The average molecular weight is 709 g/mol. The van der Waals surface area contributed by atoms with Crippen molar-refractivity contribution in [2.75, 3.05) is 24.3 Å². The zero-order valence-corrected chi connectivity index (χ0v) is 29.4. The zero-order chi connectivity index (χ0) is 35.6. The molecule has 0 spiro atoms. The molecule has 0 saturated carbocycles. The van der Waals surface area contributed by atoms with Crippen molar-refractivity contribution in [3.8, 4) is 11.5 Å². The number of nitrogens with zero attached hydrogens (tertiary/aromatic N) is 1. The molecule has 1 aliphatic rings. The van der Waals surface area contributed by atoms with Gasteiger partial charge in [-0.1, -0.05) is 69.9 Å². The third-order valence-corrected chi connectivity index (χ3v) is 10.2. The predicted molar refractivity (Wildman–Crippen MR) is 191 cm³/mol. The summed E-state index contributed by atoms with van der Waals surface area (Å²) in [7, 11) is 0. The van der Waals surface area contributed by atoms with Gasteiger partial charge in [-0.15, -0.1) is 23.5 Å². The second kappa shape index (κ2) is 17.3. The van der Waals surface area contributed by atoms with Crippen LogP contribution in [0.2, 0.25) is 0 Å². The number of aliphatic carboxylic acids is 1. The Bertz CT molecular complexity index is 1660. The summed E-state index contributed by atoms with van der Waals surface area (Å²) in [5.41, 5.74) is 0.358. The summed E-state index contributed by atoms with van der Waals surface area (Å²) >= 11 is 1.70. The Balaban J connectivity index is 1.67. The van der Waals surface area contributed by atoms with Crippen molar-refractivity contribution in [1.82, 2.24) is 10.6 Å². The Kier molecular flexibility index (Phi) is 13.1. The molecule has 11 nitrogen and oxygen atoms in total. The van der Waals surface area contributed by atoms with Crippen molar-refractivity contribution >= 4 is 63.7 Å². The number of nitrogens with one attached hydrogen (secondary N) is 2. The van der Waals surface area contributed by atoms with E-state index in [4.69, 9.17) is 9.84 Å². The second-order valence-corrected chi connectivity index (χ2v) is 13.6. The van der Waals surface area contributed by atoms with Crippen LogP contribution in [-0.4, -0.2) is 58.4 Å². The number of aromatic hydroxyl groups is 1. The number of thiol groups is 1. The number of carboxylic acid groups (broad SMARTS) is 1. The molecule has 0 bridgehead atoms. The van der Waals surface area contributed by atoms with E-state index in [1.54, 1.807) is 11.0 Å². The highest BCUT2D eigenvalue weighted by Gasteiger charge is 2.50. The molecule has 0 aromatic heterocycles. The van der Waals surface area contributed by atoms with E-state index < -0.39 is 42.4 Å². The maximum absolute atomic E-state index is 14.7. The number of carbonyl (C=O) groups excluding carboxylic acids is 4. The third-order valence-electron chi connectivity index (χ3n) is 8.24. The number of thioether (sulfide) groups is 1. The van der Waals surface area contributed by atoms with Crippen molar-refractivity contribution in [1.29, 1.82) is 0 Å². The average Bonchev–Trinajstić information content (AvgIpc) is 3.18. The molecule has 261 valence electrons. The first kappa shape index (κ1) is 37.3. The van der Waals surface area contributed by atoms with Gasteiger partial charge in [0.05, 0.1) is 10.6 Å². The largest absolute Gasteiger partial charge is 0.508 e. The summed E-state index contributed by atoms with van der Waals surface area (Å²) in [6.45, 7) is 2.93. The number of amides is 3. The number of phenolic OH excluding ortho intramolecular Hbond substituents is 1. The standard InChI is InChI=1S/C36H42N3O8S2/c1-4-6-17-36(18-7-5-2)34(45)39(24-11-9-8-10-12-24)26-19-29(48-3)27(20-28(26)49-35(36)46)47-22-30(41)38-32(33(44)37-21-31(42)43)23-13-15-25(40)16-14-23/h8-16,19-20,32,40,49H,4-7,17-18,21-22H2,1-3H3,(H,37,44)(H,38,41)(H,42,43)/t32-/m1/s1. The molecule has 3 aromatic rings. The number of hydrogen-bond acceptors (Lipinski definition) is 8. The number of anilines is 2. The maximum Gasteiger partial charge on any atom is 0.322 e. The lowest BCUT2D eigenvalue weighted by molar-refractivity contribution is -0.138. The Hall–Kier alpha value is -4.49. The van der Waals surface area contributed by atoms with Gasteiger partial charge in [0.25, 0.3) is 5.91 Å². The van der Waals surface area contributed by atoms with Crippen LogP contribution in [0, 0.1) is 5.41 Å². The van der Waals surface area contributed by atoms with Crippen LogP contribution in [0.15, 0.2) is 76.5 Å². The van der Waals surface area contributed by atoms with E-state index >= 15 is 0 Å². The quantitative estimate of drug-likeness (QED) is 0.0688. The lowest BCUT2D eigenvalue weighted by Gasteiger charge is -2.34. The molecule has 3 aromatic carbocycles. The molecule has 49 heavy (non-hydrogen) atoms. The molecule has 0 aliphatic carbocycles. The van der Waals surface area contributed by atoms with Gasteiger partial charge in [0.1, 0.15) is 29.5 Å². The zero-order valence-electron chi connectivity index (χ0n) is 27.7. The van der Waals surface area contributed by atoms with Gasteiger partial charge in [-0.25, -0.2) is 0 Å². The van der Waals surface area contributed by atoms with Gasteiger partial charge in [-0.3, -0.25) is 28.9 Å². The first-order valence-electron chi connectivity index (χ1n) is 16.1. The van der Waals surface area contributed by atoms with Crippen molar-refractivity contribution in [2.45, 2.75) is 68.2 Å². The van der Waals surface area contributed by atoms with Crippen LogP contribution in [0.3, 0.4) is 0 Å². The molecular weight excluding hydrogens is 667 g/mol. The number of fused-ring (bicyclic) bond motifs is 1. The lowest BCUT2D eigenvalue weighted by Crippen LogP contribution is -2.45. The smallest absolute Gasteiger partial charge is 0.322 e. The van der Waals surface area contributed by atoms with Crippen molar-refractivity contribution in [3.63, 3.8) is 0 Å². The predicted octanol–water partition coefficient (Wildman–Crippen LogP) is 5.95. The number of para-hydroxylation sites is 1. The lowest BCUT2D eigenvalue weighted by atomic mass is 9.77. The van der Waals surface area contributed by atoms with Gasteiger partial charge in [-0.2, -0.15) is 0 Å². The van der Waals surface area contributed by atoms with Crippen LogP contribution in [0.4, 0.5) is 11.4 Å². The number of ether oxygens (including phenoxy) is 1. The Labute approximate surface area is 294 Å². The van der Waals surface area contributed by atoms with E-state index in [-0.39, 0.29) is 16.8 Å². The van der Waals surface area contributed by atoms with Gasteiger partial charge >= 0.3 is 5.97 Å². The molecule has 1 atom stereocenters. The number of benzene rings is 3. The number of carboxylic acids is 1. The first-order valence-corrected chi connectivity index (χ1v) is 18.2. The molecule has 3 amide bonds. The number of carbonyl (C=O) groups is 5. The number of phenols is 1. The van der Waals surface area contributed by atoms with Crippen LogP contribution in [0.25, 0.3) is 0 Å². The Morgan fingerprint density at radius 1 is 0.980 bits per heavy atom. The highest BCUT2D eigenvalue weighted by atomic mass is 32.2. The molecule has 0 fully saturated rings. The summed E-state index contributed by atoms with van der Waals surface area (Å²) in [5.74, 6) is -2.63. The minimum atomic E-state index is -1.26. The number of hydrogen-bond donors (Lipinski definition) is 5. The van der Waals surface area contributed by atoms with Crippen LogP contribution >= 0.6 is 23.5 Å². The van der Waals surface area contributed by atoms with E-state index in [0.29, 0.717) is 57.1 Å². The first-order chi connectivity index (χ1) is 23.5. The summed E-state index contributed by atoms with van der Waals surface area (Å²) < 4.78 is 6.00. The van der Waals surface area contributed by atoms with E-state index in [9.17, 15) is 29.1 Å². The number of rotatable bonds is 16. The summed E-state index contributed by atoms with van der Waals surface area (Å²) in [6.07, 6.45) is 5.89. The van der Waals surface area contributed by atoms with Gasteiger partial charge in [0, 0.05) is 10.6 Å². The minimum absolute atomic E-state index is 0.0471. The van der Waals surface area contributed by atoms with Gasteiger partial charge in [0.2, 0.25) is 11.8 Å². The molecule has 0 saturated heterocycles. The maximum atomic E-state index is 14.7. The fraction of sp³-hybridized carbons (Fsp3) is 0.361. The van der Waals surface area contributed by atoms with E-state index in [2.05, 4.69) is 10.6 Å². The van der Waals surface area contributed by atoms with Crippen LogP contribution in [0.1, 0.15) is 64.0 Å². The van der Waals surface area contributed by atoms with E-state index in [0.717, 1.165) is 25.7 Å². The van der Waals surface area contributed by atoms with Crippen LogP contribution < -0.4 is 20.3 Å². The van der Waals surface area contributed by atoms with Crippen molar-refractivity contribution in [3.05, 3.63) is 72.3 Å². The topological polar surface area (TPSA) is 162 Å². The number of unbranched alkanes of at least 4 members (excludes halogenated alkanes) is 2. The third kappa shape index (κ3) is 8.95. The molecule has 13 heteroatoms. The van der Waals surface area contributed by atoms with Crippen LogP contribution in [-0.2, 0) is 24.0 Å². The molecule has 1 radical (unpaired) electrons. The van der Waals surface area contributed by atoms with Crippen molar-refractivity contribution < 1.29 is 38.9 Å². The Morgan fingerprint density at radius 2 is 1.63 bits per heavy atom. The van der Waals surface area contributed by atoms with E-state index in [1.165, 1.54) is 36.0 Å². The fourth-order valence-electron chi connectivity index (χ4n) is 5.63. The molecular formula is C36H42N3O8S2. The normalized spacial score (nSPS) is 14.4. The van der Waals surface area contributed by atoms with Gasteiger partial charge in [0.15, 0.2) is 11.7 Å². The monoisotopic (exact) mass is 708 g/mol. The fourth-order valence-corrected chi connectivity index (χ4v) is 7.39.